The van der Waals surface area contributed by atoms with Gasteiger partial charge in [0.2, 0.25) is 0 Å². The van der Waals surface area contributed by atoms with E-state index in [2.05, 4.69) is 35.0 Å². The van der Waals surface area contributed by atoms with Crippen molar-refractivity contribution in [1.82, 2.24) is 0 Å². The summed E-state index contributed by atoms with van der Waals surface area (Å²) in [6.07, 6.45) is 0.875. The molecule has 0 saturated heterocycles. The monoisotopic (exact) mass is 256 g/mol. The largest absolute Gasteiger partial charge is 0.368 e. The van der Waals surface area contributed by atoms with Crippen LogP contribution in [0.2, 0.25) is 0 Å². The molecule has 0 aromatic heterocycles. The Morgan fingerprint density at radius 3 is 3.07 bits per heavy atom. The fraction of sp³-hybridized carbons (Fsp3) is 0.455. The second-order valence-electron chi connectivity index (χ2n) is 3.53. The molecule has 1 aliphatic rings. The Labute approximate surface area is 92.0 Å². The molecule has 3 heteroatoms. The molecule has 0 aliphatic carbocycles. The summed E-state index contributed by atoms with van der Waals surface area (Å²) in [5.41, 5.74) is 2.39. The van der Waals surface area contributed by atoms with Gasteiger partial charge in [-0.25, -0.2) is 0 Å². The number of aliphatic hydroxyl groups is 1. The van der Waals surface area contributed by atoms with Gasteiger partial charge in [0.05, 0.1) is 6.10 Å². The highest BCUT2D eigenvalue weighted by Gasteiger charge is 2.24. The zero-order valence-electron chi connectivity index (χ0n) is 8.03. The van der Waals surface area contributed by atoms with Crippen molar-refractivity contribution < 1.29 is 9.84 Å². The van der Waals surface area contributed by atoms with E-state index >= 15 is 0 Å². The lowest BCUT2D eigenvalue weighted by molar-refractivity contribution is -0.146. The van der Waals surface area contributed by atoms with Gasteiger partial charge in [-0.3, -0.25) is 0 Å². The molecule has 0 bridgehead atoms. The third kappa shape index (κ3) is 1.85. The van der Waals surface area contributed by atoms with Crippen LogP contribution in [0.5, 0.6) is 0 Å². The van der Waals surface area contributed by atoms with Crippen LogP contribution in [-0.4, -0.2) is 11.4 Å². The van der Waals surface area contributed by atoms with Gasteiger partial charge in [-0.05, 0) is 29.7 Å². The Kier molecular flexibility index (Phi) is 2.91. The number of aliphatic hydroxyl groups excluding tert-OH is 1. The maximum Gasteiger partial charge on any atom is 0.159 e. The predicted molar refractivity (Wildman–Crippen MR) is 58.0 cm³/mol. The van der Waals surface area contributed by atoms with E-state index in [9.17, 15) is 5.11 Å². The van der Waals surface area contributed by atoms with E-state index in [1.807, 2.05) is 6.07 Å². The van der Waals surface area contributed by atoms with Crippen LogP contribution in [0.15, 0.2) is 22.7 Å². The zero-order valence-corrected chi connectivity index (χ0v) is 9.62. The molecule has 2 nitrogen and oxygen atoms in total. The first kappa shape index (κ1) is 10.1. The minimum Gasteiger partial charge on any atom is -0.368 e. The van der Waals surface area contributed by atoms with Crippen LogP contribution in [0.25, 0.3) is 0 Å². The molecule has 2 unspecified atom stereocenters. The molecule has 0 radical (unpaired) electrons. The summed E-state index contributed by atoms with van der Waals surface area (Å²) in [6.45, 7) is 2.06. The molecular formula is C11H13BrO2. The van der Waals surface area contributed by atoms with Crippen molar-refractivity contribution in [1.29, 1.82) is 0 Å². The summed E-state index contributed by atoms with van der Waals surface area (Å²) in [6, 6.07) is 6.14. The van der Waals surface area contributed by atoms with E-state index in [0.717, 1.165) is 10.9 Å². The molecule has 1 N–H and O–H groups in total. The lowest BCUT2D eigenvalue weighted by Gasteiger charge is -2.29. The van der Waals surface area contributed by atoms with E-state index in [4.69, 9.17) is 4.74 Å². The van der Waals surface area contributed by atoms with Gasteiger partial charge in [-0.1, -0.05) is 28.9 Å². The highest BCUT2D eigenvalue weighted by Crippen LogP contribution is 2.33. The van der Waals surface area contributed by atoms with Crippen molar-refractivity contribution in [3.05, 3.63) is 33.8 Å². The SMILES string of the molecule is CCC1OC(O)Cc2cc(Br)ccc21. The summed E-state index contributed by atoms with van der Waals surface area (Å²) < 4.78 is 6.50. The molecule has 0 saturated carbocycles. The van der Waals surface area contributed by atoms with Gasteiger partial charge >= 0.3 is 0 Å². The Bertz CT molecular complexity index is 338. The number of benzene rings is 1. The minimum absolute atomic E-state index is 0.0434. The summed E-state index contributed by atoms with van der Waals surface area (Å²) in [4.78, 5) is 0. The molecule has 1 aliphatic heterocycles. The van der Waals surface area contributed by atoms with Crippen LogP contribution >= 0.6 is 15.9 Å². The van der Waals surface area contributed by atoms with Gasteiger partial charge in [-0.2, -0.15) is 0 Å². The fourth-order valence-corrected chi connectivity index (χ4v) is 2.29. The van der Waals surface area contributed by atoms with Crippen molar-refractivity contribution in [2.75, 3.05) is 0 Å². The minimum atomic E-state index is -0.651. The standard InChI is InChI=1S/C11H13BrO2/c1-2-10-9-4-3-8(12)5-7(9)6-11(13)14-10/h3-5,10-11,13H,2,6H2,1H3. The molecule has 1 aromatic carbocycles. The molecule has 1 aromatic rings. The lowest BCUT2D eigenvalue weighted by atomic mass is 9.96. The van der Waals surface area contributed by atoms with Crippen LogP contribution in [0, 0.1) is 0 Å². The molecule has 2 atom stereocenters. The van der Waals surface area contributed by atoms with Crippen molar-refractivity contribution in [3.8, 4) is 0 Å². The highest BCUT2D eigenvalue weighted by molar-refractivity contribution is 9.10. The fourth-order valence-electron chi connectivity index (χ4n) is 1.88. The first-order chi connectivity index (χ1) is 6.70. The van der Waals surface area contributed by atoms with Crippen molar-refractivity contribution in [2.45, 2.75) is 32.2 Å². The summed E-state index contributed by atoms with van der Waals surface area (Å²) in [7, 11) is 0. The smallest absolute Gasteiger partial charge is 0.159 e. The quantitative estimate of drug-likeness (QED) is 0.838. The van der Waals surface area contributed by atoms with E-state index < -0.39 is 6.29 Å². The topological polar surface area (TPSA) is 29.5 Å². The maximum atomic E-state index is 9.51. The van der Waals surface area contributed by atoms with Crippen LogP contribution < -0.4 is 0 Å². The Balaban J connectivity index is 2.40. The van der Waals surface area contributed by atoms with Crippen molar-refractivity contribution >= 4 is 15.9 Å². The van der Waals surface area contributed by atoms with Crippen molar-refractivity contribution in [3.63, 3.8) is 0 Å². The number of hydrogen-bond donors (Lipinski definition) is 1. The first-order valence-electron chi connectivity index (χ1n) is 4.82. The molecule has 0 amide bonds. The van der Waals surface area contributed by atoms with E-state index in [1.165, 1.54) is 11.1 Å². The molecule has 0 fully saturated rings. The Hall–Kier alpha value is -0.380. The zero-order chi connectivity index (χ0) is 10.1. The van der Waals surface area contributed by atoms with Gasteiger partial charge in [0.15, 0.2) is 6.29 Å². The van der Waals surface area contributed by atoms with Gasteiger partial charge < -0.3 is 9.84 Å². The molecule has 14 heavy (non-hydrogen) atoms. The number of ether oxygens (including phenoxy) is 1. The summed E-state index contributed by atoms with van der Waals surface area (Å²) in [5.74, 6) is 0. The molecule has 0 spiro atoms. The number of hydrogen-bond acceptors (Lipinski definition) is 2. The predicted octanol–water partition coefficient (Wildman–Crippen LogP) is 2.79. The summed E-state index contributed by atoms with van der Waals surface area (Å²) in [5, 5.41) is 9.51. The van der Waals surface area contributed by atoms with Gasteiger partial charge in [0.1, 0.15) is 0 Å². The van der Waals surface area contributed by atoms with E-state index in [1.54, 1.807) is 0 Å². The number of halogens is 1. The second-order valence-corrected chi connectivity index (χ2v) is 4.45. The van der Waals surface area contributed by atoms with Gasteiger partial charge in [0.25, 0.3) is 0 Å². The molecule has 1 heterocycles. The normalized spacial score (nSPS) is 25.9. The molecule has 2 rings (SSSR count). The van der Waals surface area contributed by atoms with Gasteiger partial charge in [0, 0.05) is 10.9 Å². The average molecular weight is 257 g/mol. The average Bonchev–Trinajstić information content (AvgIpc) is 2.15. The first-order valence-corrected chi connectivity index (χ1v) is 5.62. The van der Waals surface area contributed by atoms with Crippen molar-refractivity contribution in [2.24, 2.45) is 0 Å². The molecule has 76 valence electrons. The van der Waals surface area contributed by atoms with Crippen LogP contribution in [-0.2, 0) is 11.2 Å². The Morgan fingerprint density at radius 2 is 2.36 bits per heavy atom. The van der Waals surface area contributed by atoms with E-state index in [0.29, 0.717) is 6.42 Å². The number of rotatable bonds is 1. The second kappa shape index (κ2) is 4.01. The highest BCUT2D eigenvalue weighted by atomic mass is 79.9. The lowest BCUT2D eigenvalue weighted by Crippen LogP contribution is -2.25. The third-order valence-corrected chi connectivity index (χ3v) is 3.03. The Morgan fingerprint density at radius 1 is 1.57 bits per heavy atom. The van der Waals surface area contributed by atoms with Crippen LogP contribution in [0.1, 0.15) is 30.6 Å². The molecular weight excluding hydrogens is 244 g/mol. The summed E-state index contributed by atoms with van der Waals surface area (Å²) >= 11 is 3.43. The number of fused-ring (bicyclic) bond motifs is 1. The maximum absolute atomic E-state index is 9.51. The van der Waals surface area contributed by atoms with E-state index in [-0.39, 0.29) is 6.10 Å². The van der Waals surface area contributed by atoms with Crippen LogP contribution in [0.4, 0.5) is 0 Å². The third-order valence-electron chi connectivity index (χ3n) is 2.54. The van der Waals surface area contributed by atoms with Crippen LogP contribution in [0.3, 0.4) is 0 Å². The van der Waals surface area contributed by atoms with Gasteiger partial charge in [-0.15, -0.1) is 0 Å².